The van der Waals surface area contributed by atoms with Gasteiger partial charge in [0.1, 0.15) is 5.75 Å². The molecule has 0 saturated carbocycles. The molecule has 5 nitrogen and oxygen atoms in total. The Labute approximate surface area is 156 Å². The van der Waals surface area contributed by atoms with E-state index in [0.717, 1.165) is 6.07 Å². The summed E-state index contributed by atoms with van der Waals surface area (Å²) in [7, 11) is 0. The van der Waals surface area contributed by atoms with Crippen LogP contribution in [-0.2, 0) is 9.59 Å². The van der Waals surface area contributed by atoms with Crippen molar-refractivity contribution in [2.75, 3.05) is 18.5 Å². The van der Waals surface area contributed by atoms with Gasteiger partial charge in [-0.1, -0.05) is 23.2 Å². The molecular formula is C16H11Cl2F3N2O3. The normalized spacial score (nSPS) is 10.3. The van der Waals surface area contributed by atoms with Crippen LogP contribution in [0.25, 0.3) is 0 Å². The summed E-state index contributed by atoms with van der Waals surface area (Å²) in [5, 5.41) is 4.80. The number of hydrogen-bond acceptors (Lipinski definition) is 3. The van der Waals surface area contributed by atoms with Crippen LogP contribution in [0.5, 0.6) is 5.75 Å². The van der Waals surface area contributed by atoms with Gasteiger partial charge < -0.3 is 15.4 Å². The van der Waals surface area contributed by atoms with Crippen LogP contribution in [0.1, 0.15) is 0 Å². The molecule has 0 saturated heterocycles. The van der Waals surface area contributed by atoms with E-state index in [-0.39, 0.29) is 5.02 Å². The Kier molecular flexibility index (Phi) is 6.70. The van der Waals surface area contributed by atoms with Crippen molar-refractivity contribution in [1.82, 2.24) is 5.32 Å². The molecule has 2 amide bonds. The standard InChI is InChI=1S/C16H11Cl2F3N2O3/c17-9-2-1-8(5-10(9)18)26-7-14(25)22-6-13(24)23-12-4-3-11(19)15(20)16(12)21/h1-5H,6-7H2,(H,22,25)(H,23,24). The number of ether oxygens (including phenoxy) is 1. The summed E-state index contributed by atoms with van der Waals surface area (Å²) in [5.41, 5.74) is -0.546. The number of benzene rings is 2. The molecule has 0 aromatic heterocycles. The average Bonchev–Trinajstić information content (AvgIpc) is 2.61. The van der Waals surface area contributed by atoms with Crippen LogP contribution in [0, 0.1) is 17.5 Å². The van der Waals surface area contributed by atoms with Gasteiger partial charge in [-0.25, -0.2) is 13.2 Å². The van der Waals surface area contributed by atoms with Crippen molar-refractivity contribution >= 4 is 40.7 Å². The van der Waals surface area contributed by atoms with E-state index in [4.69, 9.17) is 27.9 Å². The summed E-state index contributed by atoms with van der Waals surface area (Å²) >= 11 is 11.5. The van der Waals surface area contributed by atoms with Gasteiger partial charge in [0.05, 0.1) is 22.3 Å². The minimum Gasteiger partial charge on any atom is -0.484 e. The largest absolute Gasteiger partial charge is 0.484 e. The lowest BCUT2D eigenvalue weighted by molar-refractivity contribution is -0.125. The Morgan fingerprint density at radius 2 is 1.69 bits per heavy atom. The lowest BCUT2D eigenvalue weighted by atomic mass is 10.2. The van der Waals surface area contributed by atoms with Gasteiger partial charge in [0.15, 0.2) is 24.1 Å². The molecule has 0 fully saturated rings. The second kappa shape index (κ2) is 8.77. The van der Waals surface area contributed by atoms with E-state index in [9.17, 15) is 22.8 Å². The third-order valence-corrected chi connectivity index (χ3v) is 3.76. The van der Waals surface area contributed by atoms with Crippen molar-refractivity contribution in [3.05, 3.63) is 57.8 Å². The van der Waals surface area contributed by atoms with Gasteiger partial charge in [-0.3, -0.25) is 9.59 Å². The summed E-state index contributed by atoms with van der Waals surface area (Å²) in [6.07, 6.45) is 0. The lowest BCUT2D eigenvalue weighted by Gasteiger charge is -2.09. The Bertz CT molecular complexity index is 850. The van der Waals surface area contributed by atoms with E-state index in [0.29, 0.717) is 16.8 Å². The van der Waals surface area contributed by atoms with Crippen LogP contribution in [0.3, 0.4) is 0 Å². The Morgan fingerprint density at radius 3 is 2.38 bits per heavy atom. The van der Waals surface area contributed by atoms with Crippen molar-refractivity contribution < 1.29 is 27.5 Å². The zero-order valence-electron chi connectivity index (χ0n) is 12.9. The van der Waals surface area contributed by atoms with Crippen molar-refractivity contribution in [3.8, 4) is 5.75 Å². The number of rotatable bonds is 6. The predicted octanol–water partition coefficient (Wildman–Crippen LogP) is 3.54. The molecule has 0 aliphatic carbocycles. The topological polar surface area (TPSA) is 67.4 Å². The number of halogens is 5. The summed E-state index contributed by atoms with van der Waals surface area (Å²) in [6.45, 7) is -0.938. The van der Waals surface area contributed by atoms with Crippen LogP contribution < -0.4 is 15.4 Å². The maximum atomic E-state index is 13.4. The molecule has 2 aromatic carbocycles. The minimum absolute atomic E-state index is 0.248. The van der Waals surface area contributed by atoms with Crippen LogP contribution in [-0.4, -0.2) is 25.0 Å². The molecule has 2 N–H and O–H groups in total. The first-order chi connectivity index (χ1) is 12.3. The highest BCUT2D eigenvalue weighted by Crippen LogP contribution is 2.26. The molecule has 0 unspecified atom stereocenters. The van der Waals surface area contributed by atoms with Crippen LogP contribution in [0.15, 0.2) is 30.3 Å². The second-order valence-electron chi connectivity index (χ2n) is 4.91. The highest BCUT2D eigenvalue weighted by atomic mass is 35.5. The fraction of sp³-hybridized carbons (Fsp3) is 0.125. The number of anilines is 1. The van der Waals surface area contributed by atoms with Crippen LogP contribution >= 0.6 is 23.2 Å². The lowest BCUT2D eigenvalue weighted by Crippen LogP contribution is -2.36. The van der Waals surface area contributed by atoms with E-state index in [1.165, 1.54) is 18.2 Å². The molecule has 0 spiro atoms. The monoisotopic (exact) mass is 406 g/mol. The minimum atomic E-state index is -1.71. The maximum absolute atomic E-state index is 13.4. The number of nitrogens with one attached hydrogen (secondary N) is 2. The fourth-order valence-electron chi connectivity index (χ4n) is 1.76. The number of amides is 2. The quantitative estimate of drug-likeness (QED) is 0.720. The zero-order chi connectivity index (χ0) is 19.3. The smallest absolute Gasteiger partial charge is 0.258 e. The summed E-state index contributed by atoms with van der Waals surface area (Å²) in [5.74, 6) is -5.81. The van der Waals surface area contributed by atoms with Crippen LogP contribution in [0.2, 0.25) is 10.0 Å². The molecule has 2 rings (SSSR count). The summed E-state index contributed by atoms with van der Waals surface area (Å²) in [6, 6.07) is 5.93. The Hall–Kier alpha value is -2.45. The van der Waals surface area contributed by atoms with Gasteiger partial charge >= 0.3 is 0 Å². The van der Waals surface area contributed by atoms with E-state index >= 15 is 0 Å². The highest BCUT2D eigenvalue weighted by Gasteiger charge is 2.15. The van der Waals surface area contributed by atoms with Crippen molar-refractivity contribution in [2.45, 2.75) is 0 Å². The van der Waals surface area contributed by atoms with E-state index in [1.54, 1.807) is 0 Å². The van der Waals surface area contributed by atoms with Gasteiger partial charge in [0.25, 0.3) is 5.91 Å². The third kappa shape index (κ3) is 5.27. The molecule has 0 aliphatic rings. The summed E-state index contributed by atoms with van der Waals surface area (Å²) < 4.78 is 44.5. The molecule has 26 heavy (non-hydrogen) atoms. The highest BCUT2D eigenvalue weighted by molar-refractivity contribution is 6.42. The molecule has 10 heteroatoms. The molecular weight excluding hydrogens is 396 g/mol. The number of hydrogen-bond donors (Lipinski definition) is 2. The predicted molar refractivity (Wildman–Crippen MR) is 89.9 cm³/mol. The zero-order valence-corrected chi connectivity index (χ0v) is 14.4. The van der Waals surface area contributed by atoms with Crippen molar-refractivity contribution in [3.63, 3.8) is 0 Å². The van der Waals surface area contributed by atoms with Crippen LogP contribution in [0.4, 0.5) is 18.9 Å². The van der Waals surface area contributed by atoms with E-state index in [2.05, 4.69) is 5.32 Å². The second-order valence-corrected chi connectivity index (χ2v) is 5.73. The third-order valence-electron chi connectivity index (χ3n) is 3.02. The van der Waals surface area contributed by atoms with Gasteiger partial charge in [0.2, 0.25) is 5.91 Å². The van der Waals surface area contributed by atoms with Gasteiger partial charge in [-0.05, 0) is 24.3 Å². The average molecular weight is 407 g/mol. The number of carbonyl (C=O) groups excluding carboxylic acids is 2. The van der Waals surface area contributed by atoms with Crippen molar-refractivity contribution in [2.24, 2.45) is 0 Å². The number of carbonyl (C=O) groups is 2. The molecule has 2 aromatic rings. The Balaban J connectivity index is 1.80. The van der Waals surface area contributed by atoms with Crippen molar-refractivity contribution in [1.29, 1.82) is 0 Å². The summed E-state index contributed by atoms with van der Waals surface area (Å²) in [4.78, 5) is 23.3. The molecule has 138 valence electrons. The first-order valence-corrected chi connectivity index (χ1v) is 7.81. The molecule has 0 atom stereocenters. The molecule has 0 heterocycles. The first kappa shape index (κ1) is 19.9. The molecule has 0 aliphatic heterocycles. The molecule has 0 bridgehead atoms. The SMILES string of the molecule is O=C(COc1ccc(Cl)c(Cl)c1)NCC(=O)Nc1ccc(F)c(F)c1F. The van der Waals surface area contributed by atoms with E-state index < -0.39 is 48.1 Å². The van der Waals surface area contributed by atoms with E-state index in [1.807, 2.05) is 5.32 Å². The fourth-order valence-corrected chi connectivity index (χ4v) is 2.05. The van der Waals surface area contributed by atoms with Gasteiger partial charge in [-0.2, -0.15) is 0 Å². The first-order valence-electron chi connectivity index (χ1n) is 7.06. The van der Waals surface area contributed by atoms with Gasteiger partial charge in [0, 0.05) is 6.07 Å². The Morgan fingerprint density at radius 1 is 0.962 bits per heavy atom. The molecule has 0 radical (unpaired) electrons. The maximum Gasteiger partial charge on any atom is 0.258 e. The van der Waals surface area contributed by atoms with Gasteiger partial charge in [-0.15, -0.1) is 0 Å².